The summed E-state index contributed by atoms with van der Waals surface area (Å²) in [6.07, 6.45) is 4.57. The molecule has 2 rings (SSSR count). The highest BCUT2D eigenvalue weighted by Gasteiger charge is 2.32. The lowest BCUT2D eigenvalue weighted by atomic mass is 9.70. The van der Waals surface area contributed by atoms with Crippen molar-refractivity contribution in [1.29, 1.82) is 0 Å². The molecule has 0 bridgehead atoms. The lowest BCUT2D eigenvalue weighted by Crippen LogP contribution is -2.37. The van der Waals surface area contributed by atoms with Gasteiger partial charge in [-0.05, 0) is 37.0 Å². The molecule has 4 nitrogen and oxygen atoms in total. The van der Waals surface area contributed by atoms with Crippen molar-refractivity contribution in [3.63, 3.8) is 0 Å². The summed E-state index contributed by atoms with van der Waals surface area (Å²) < 4.78 is 5.57. The van der Waals surface area contributed by atoms with E-state index in [9.17, 15) is 0 Å². The Morgan fingerprint density at radius 1 is 1.23 bits per heavy atom. The number of rotatable bonds is 6. The lowest BCUT2D eigenvalue weighted by Gasteiger charge is -2.37. The van der Waals surface area contributed by atoms with E-state index in [0.717, 1.165) is 18.9 Å². The van der Waals surface area contributed by atoms with Gasteiger partial charge in [0.15, 0.2) is 0 Å². The minimum atomic E-state index is 0.530. The van der Waals surface area contributed by atoms with E-state index in [-0.39, 0.29) is 0 Å². The summed E-state index contributed by atoms with van der Waals surface area (Å²) in [5, 5.41) is 11.7. The van der Waals surface area contributed by atoms with Crippen LogP contribution < -0.4 is 5.32 Å². The third kappa shape index (κ3) is 4.42. The Morgan fingerprint density at radius 3 is 2.50 bits per heavy atom. The van der Waals surface area contributed by atoms with Crippen molar-refractivity contribution in [2.75, 3.05) is 6.54 Å². The van der Waals surface area contributed by atoms with Crippen molar-refractivity contribution in [1.82, 2.24) is 15.5 Å². The third-order valence-electron chi connectivity index (χ3n) is 4.83. The summed E-state index contributed by atoms with van der Waals surface area (Å²) in [5.41, 5.74) is 1.48. The first-order chi connectivity index (χ1) is 10.4. The van der Waals surface area contributed by atoms with Crippen LogP contribution in [0.15, 0.2) is 16.1 Å². The van der Waals surface area contributed by atoms with Gasteiger partial charge in [0.25, 0.3) is 0 Å². The summed E-state index contributed by atoms with van der Waals surface area (Å²) >= 11 is 0. The summed E-state index contributed by atoms with van der Waals surface area (Å²) in [4.78, 5) is 0. The predicted octanol–water partition coefficient (Wildman–Crippen LogP) is 3.77. The molecular weight excluding hydrogens is 274 g/mol. The molecule has 0 aliphatic heterocycles. The van der Waals surface area contributed by atoms with Crippen LogP contribution in [0.25, 0.3) is 0 Å². The zero-order chi connectivity index (χ0) is 16.3. The van der Waals surface area contributed by atoms with E-state index >= 15 is 0 Å². The molecule has 124 valence electrons. The van der Waals surface area contributed by atoms with Gasteiger partial charge in [0, 0.05) is 25.9 Å². The summed E-state index contributed by atoms with van der Waals surface area (Å²) in [6.45, 7) is 14.3. The maximum Gasteiger partial charge on any atom is 0.217 e. The Kier molecular flexibility index (Phi) is 5.79. The first-order valence-electron chi connectivity index (χ1n) is 8.57. The summed E-state index contributed by atoms with van der Waals surface area (Å²) in [5.74, 6) is 3.99. The Labute approximate surface area is 134 Å². The Morgan fingerprint density at radius 2 is 1.95 bits per heavy atom. The molecule has 0 unspecified atom stereocenters. The Balaban J connectivity index is 2.09. The molecule has 0 saturated heterocycles. The highest BCUT2D eigenvalue weighted by Crippen LogP contribution is 2.38. The molecule has 0 radical (unpaired) electrons. The molecule has 1 aromatic rings. The van der Waals surface area contributed by atoms with Crippen LogP contribution in [0.3, 0.4) is 0 Å². The van der Waals surface area contributed by atoms with E-state index in [1.165, 1.54) is 12.0 Å². The highest BCUT2D eigenvalue weighted by atomic mass is 16.4. The maximum atomic E-state index is 5.57. The van der Waals surface area contributed by atoms with Crippen LogP contribution in [0.1, 0.15) is 52.8 Å². The van der Waals surface area contributed by atoms with E-state index in [1.54, 1.807) is 0 Å². The second-order valence-electron chi connectivity index (χ2n) is 7.40. The zero-order valence-corrected chi connectivity index (χ0v) is 14.9. The molecular formula is C18H31N3O. The number of nitrogens with one attached hydrogen (secondary N) is 1. The van der Waals surface area contributed by atoms with Gasteiger partial charge >= 0.3 is 0 Å². The lowest BCUT2D eigenvalue weighted by molar-refractivity contribution is 0.215. The van der Waals surface area contributed by atoms with E-state index in [4.69, 9.17) is 4.42 Å². The molecule has 1 aromatic heterocycles. The molecule has 22 heavy (non-hydrogen) atoms. The first-order valence-corrected chi connectivity index (χ1v) is 8.57. The fourth-order valence-electron chi connectivity index (χ4n) is 3.51. The molecule has 0 spiro atoms. The second kappa shape index (κ2) is 7.40. The van der Waals surface area contributed by atoms with E-state index < -0.39 is 0 Å². The molecule has 0 saturated carbocycles. The number of aryl methyl sites for hydroxylation is 1. The van der Waals surface area contributed by atoms with Gasteiger partial charge < -0.3 is 9.73 Å². The van der Waals surface area contributed by atoms with Crippen LogP contribution in [-0.2, 0) is 6.42 Å². The summed E-state index contributed by atoms with van der Waals surface area (Å²) in [6, 6.07) is 0.542. The average Bonchev–Trinajstić information content (AvgIpc) is 2.84. The topological polar surface area (TPSA) is 51.0 Å². The van der Waals surface area contributed by atoms with Crippen LogP contribution in [0.4, 0.5) is 0 Å². The molecule has 1 N–H and O–H groups in total. The number of aromatic nitrogens is 2. The second-order valence-corrected chi connectivity index (χ2v) is 7.40. The van der Waals surface area contributed by atoms with Gasteiger partial charge in [-0.1, -0.05) is 39.3 Å². The zero-order valence-electron chi connectivity index (χ0n) is 14.9. The number of hydrogen-bond acceptors (Lipinski definition) is 4. The molecule has 1 heterocycles. The van der Waals surface area contributed by atoms with Gasteiger partial charge in [0.2, 0.25) is 11.8 Å². The third-order valence-corrected chi connectivity index (χ3v) is 4.83. The van der Waals surface area contributed by atoms with Gasteiger partial charge in [-0.2, -0.15) is 0 Å². The van der Waals surface area contributed by atoms with Gasteiger partial charge in [0.1, 0.15) is 0 Å². The minimum Gasteiger partial charge on any atom is -0.426 e. The van der Waals surface area contributed by atoms with Gasteiger partial charge in [-0.25, -0.2) is 0 Å². The van der Waals surface area contributed by atoms with Crippen molar-refractivity contribution in [3.8, 4) is 0 Å². The number of hydrogen-bond donors (Lipinski definition) is 1. The Bertz CT molecular complexity index is 504. The van der Waals surface area contributed by atoms with E-state index in [2.05, 4.69) is 56.2 Å². The molecule has 1 aliphatic rings. The van der Waals surface area contributed by atoms with Crippen molar-refractivity contribution in [2.24, 2.45) is 23.7 Å². The monoisotopic (exact) mass is 305 g/mol. The summed E-state index contributed by atoms with van der Waals surface area (Å²) in [7, 11) is 0. The normalized spacial score (nSPS) is 25.8. The molecule has 0 amide bonds. The molecule has 1 aliphatic carbocycles. The van der Waals surface area contributed by atoms with Crippen LogP contribution in [0.2, 0.25) is 0 Å². The van der Waals surface area contributed by atoms with Gasteiger partial charge in [-0.15, -0.1) is 10.2 Å². The van der Waals surface area contributed by atoms with Gasteiger partial charge in [-0.3, -0.25) is 0 Å². The fraction of sp³-hybridized carbons (Fsp3) is 0.778. The number of nitrogens with zero attached hydrogens (tertiary/aromatic N) is 2. The van der Waals surface area contributed by atoms with Crippen LogP contribution in [0.5, 0.6) is 0 Å². The molecule has 0 fully saturated rings. The van der Waals surface area contributed by atoms with Crippen molar-refractivity contribution in [2.45, 2.75) is 60.4 Å². The average molecular weight is 305 g/mol. The van der Waals surface area contributed by atoms with Crippen molar-refractivity contribution >= 4 is 0 Å². The number of allylic oxidation sites excluding steroid dienone is 1. The smallest absolute Gasteiger partial charge is 0.217 e. The SMILES string of the molecule is CC1=C[C@@H](CNC(C)C)[C@H](C(C)C)C[C@@H]1Cc1nnc(C)o1. The standard InChI is InChI=1S/C18H31N3O/c1-11(2)17-8-15(9-18-21-20-14(6)22-18)13(5)7-16(17)10-19-12(3)4/h7,11-12,15-17,19H,8-10H2,1-6H3/t15-,16+,17+/m1/s1. The van der Waals surface area contributed by atoms with Crippen molar-refractivity contribution in [3.05, 3.63) is 23.4 Å². The van der Waals surface area contributed by atoms with Crippen molar-refractivity contribution < 1.29 is 4.42 Å². The minimum absolute atomic E-state index is 0.530. The van der Waals surface area contributed by atoms with Gasteiger partial charge in [0.05, 0.1) is 0 Å². The maximum absolute atomic E-state index is 5.57. The van der Waals surface area contributed by atoms with Crippen LogP contribution >= 0.6 is 0 Å². The largest absolute Gasteiger partial charge is 0.426 e. The fourth-order valence-corrected chi connectivity index (χ4v) is 3.51. The van der Waals surface area contributed by atoms with Crippen LogP contribution in [0, 0.1) is 30.6 Å². The van der Waals surface area contributed by atoms with E-state index in [0.29, 0.717) is 35.6 Å². The molecule has 3 atom stereocenters. The Hall–Kier alpha value is -1.16. The van der Waals surface area contributed by atoms with Crippen LogP contribution in [-0.4, -0.2) is 22.8 Å². The van der Waals surface area contributed by atoms with E-state index in [1.807, 2.05) is 6.92 Å². The molecule has 4 heteroatoms. The quantitative estimate of drug-likeness (QED) is 0.813. The first kappa shape index (κ1) is 17.2. The highest BCUT2D eigenvalue weighted by molar-refractivity contribution is 5.14. The molecule has 0 aromatic carbocycles. The predicted molar refractivity (Wildman–Crippen MR) is 89.6 cm³/mol.